The van der Waals surface area contributed by atoms with Gasteiger partial charge in [-0.3, -0.25) is 0 Å². The molecule has 2 unspecified atom stereocenters. The van der Waals surface area contributed by atoms with Gasteiger partial charge in [0.15, 0.2) is 0 Å². The first-order valence-electron chi connectivity index (χ1n) is 15.8. The smallest absolute Gasteiger partial charge is 0.0206 e. The van der Waals surface area contributed by atoms with Crippen molar-refractivity contribution >= 4 is 28.0 Å². The highest BCUT2D eigenvalue weighted by molar-refractivity contribution is 6.14. The van der Waals surface area contributed by atoms with E-state index in [1.165, 1.54) is 77.6 Å². The first kappa shape index (κ1) is 25.3. The van der Waals surface area contributed by atoms with Gasteiger partial charge in [0.05, 0.1) is 0 Å². The Bertz CT molecular complexity index is 2150. The first-order chi connectivity index (χ1) is 21.9. The lowest BCUT2D eigenvalue weighted by molar-refractivity contribution is 0.727. The van der Waals surface area contributed by atoms with Gasteiger partial charge in [-0.1, -0.05) is 152 Å². The molecule has 9 rings (SSSR count). The molecule has 0 fully saturated rings. The van der Waals surface area contributed by atoms with Gasteiger partial charge in [-0.2, -0.15) is 0 Å². The molecule has 2 atom stereocenters. The van der Waals surface area contributed by atoms with Crippen LogP contribution in [-0.2, 0) is 6.42 Å². The van der Waals surface area contributed by atoms with E-state index >= 15 is 0 Å². The minimum Gasteiger partial charge on any atom is -0.0842 e. The third-order valence-corrected chi connectivity index (χ3v) is 9.93. The molecule has 0 saturated heterocycles. The van der Waals surface area contributed by atoms with Crippen LogP contribution >= 0.6 is 0 Å². The predicted octanol–water partition coefficient (Wildman–Crippen LogP) is 11.4. The lowest BCUT2D eigenvalue weighted by Crippen LogP contribution is -2.15. The van der Waals surface area contributed by atoms with E-state index in [0.29, 0.717) is 0 Å². The van der Waals surface area contributed by atoms with Crippen LogP contribution in [0.2, 0.25) is 0 Å². The molecule has 0 aliphatic heterocycles. The van der Waals surface area contributed by atoms with Crippen molar-refractivity contribution < 1.29 is 0 Å². The highest BCUT2D eigenvalue weighted by Gasteiger charge is 2.44. The monoisotopic (exact) mass is 560 g/mol. The summed E-state index contributed by atoms with van der Waals surface area (Å²) < 4.78 is 0. The van der Waals surface area contributed by atoms with Gasteiger partial charge in [0.25, 0.3) is 0 Å². The van der Waals surface area contributed by atoms with Gasteiger partial charge in [0.1, 0.15) is 0 Å². The van der Waals surface area contributed by atoms with E-state index in [2.05, 4.69) is 158 Å². The Morgan fingerprint density at radius 2 is 1.27 bits per heavy atom. The average molecular weight is 561 g/mol. The Morgan fingerprint density at radius 1 is 0.545 bits per heavy atom. The van der Waals surface area contributed by atoms with Crippen LogP contribution in [0.15, 0.2) is 157 Å². The number of aryl methyl sites for hydroxylation is 1. The minimum absolute atomic E-state index is 0.275. The molecule has 0 N–H and O–H groups in total. The predicted molar refractivity (Wildman–Crippen MR) is 187 cm³/mol. The minimum atomic E-state index is 0.275. The van der Waals surface area contributed by atoms with Gasteiger partial charge in [0.2, 0.25) is 0 Å². The number of benzene rings is 5. The molecule has 208 valence electrons. The molecule has 0 aromatic heterocycles. The summed E-state index contributed by atoms with van der Waals surface area (Å²) in [7, 11) is 0. The van der Waals surface area contributed by atoms with Crippen molar-refractivity contribution in [2.24, 2.45) is 5.92 Å². The van der Waals surface area contributed by atoms with Gasteiger partial charge in [-0.15, -0.1) is 0 Å². The standard InChI is InChI=1S/C44H32/c1-2-6-19-32-28-33(25-24-29(32)14-5-1)34-26-27-39-42-35(34)22-13-23-38(42)43-40(30-15-7-3-8-16-30)36-20-11-12-21-37(36)41(44(39)43)31-17-9-4-10-18-31/h1-4,6-13,15-28,38,42H,5,14H2/b2-1+,19-6-. The molecule has 44 heavy (non-hydrogen) atoms. The van der Waals surface area contributed by atoms with Crippen molar-refractivity contribution in [3.8, 4) is 22.3 Å². The molecule has 4 aliphatic rings. The quantitative estimate of drug-likeness (QED) is 0.206. The molecule has 0 saturated carbocycles. The van der Waals surface area contributed by atoms with Crippen LogP contribution in [0.1, 0.15) is 40.2 Å². The summed E-state index contributed by atoms with van der Waals surface area (Å²) >= 11 is 0. The van der Waals surface area contributed by atoms with E-state index in [9.17, 15) is 0 Å². The number of rotatable bonds is 3. The lowest BCUT2D eigenvalue weighted by Gasteiger charge is -2.30. The van der Waals surface area contributed by atoms with Crippen molar-refractivity contribution in [2.45, 2.75) is 18.8 Å². The third-order valence-electron chi connectivity index (χ3n) is 9.93. The topological polar surface area (TPSA) is 0 Å². The molecular formula is C44H32. The highest BCUT2D eigenvalue weighted by atomic mass is 14.5. The largest absolute Gasteiger partial charge is 0.0842 e. The maximum absolute atomic E-state index is 2.46. The summed E-state index contributed by atoms with van der Waals surface area (Å²) in [5.41, 5.74) is 16.5. The molecule has 0 bridgehead atoms. The molecule has 5 aromatic carbocycles. The molecule has 0 radical (unpaired) electrons. The number of fused-ring (bicyclic) bond motifs is 5. The lowest BCUT2D eigenvalue weighted by atomic mass is 9.73. The molecule has 5 aromatic rings. The van der Waals surface area contributed by atoms with Crippen LogP contribution in [0, 0.1) is 5.92 Å². The Labute approximate surface area is 259 Å². The van der Waals surface area contributed by atoms with Crippen molar-refractivity contribution in [3.05, 3.63) is 185 Å². The van der Waals surface area contributed by atoms with Gasteiger partial charge in [0, 0.05) is 11.8 Å². The zero-order chi connectivity index (χ0) is 29.0. The molecule has 4 aliphatic carbocycles. The van der Waals surface area contributed by atoms with Crippen LogP contribution in [-0.4, -0.2) is 0 Å². The van der Waals surface area contributed by atoms with Crippen molar-refractivity contribution in [1.29, 1.82) is 0 Å². The Hall–Kier alpha value is -5.20. The van der Waals surface area contributed by atoms with E-state index in [1.54, 1.807) is 0 Å². The fourth-order valence-corrected chi connectivity index (χ4v) is 8.07. The van der Waals surface area contributed by atoms with Crippen molar-refractivity contribution in [1.82, 2.24) is 0 Å². The van der Waals surface area contributed by atoms with Gasteiger partial charge < -0.3 is 0 Å². The van der Waals surface area contributed by atoms with Crippen LogP contribution < -0.4 is 0 Å². The number of hydrogen-bond acceptors (Lipinski definition) is 0. The second kappa shape index (κ2) is 10.2. The number of hydrogen-bond donors (Lipinski definition) is 0. The molecule has 0 heterocycles. The third kappa shape index (κ3) is 3.84. The van der Waals surface area contributed by atoms with Crippen LogP contribution in [0.3, 0.4) is 0 Å². The first-order valence-corrected chi connectivity index (χ1v) is 15.8. The summed E-state index contributed by atoms with van der Waals surface area (Å²) in [6.45, 7) is 0. The molecule has 0 spiro atoms. The van der Waals surface area contributed by atoms with Gasteiger partial charge in [-0.05, 0) is 96.5 Å². The van der Waals surface area contributed by atoms with Crippen molar-refractivity contribution in [2.75, 3.05) is 0 Å². The molecule has 0 amide bonds. The van der Waals surface area contributed by atoms with Crippen LogP contribution in [0.5, 0.6) is 0 Å². The second-order valence-electron chi connectivity index (χ2n) is 12.3. The zero-order valence-electron chi connectivity index (χ0n) is 24.6. The fraction of sp³-hybridized carbons (Fsp3) is 0.0909. The summed E-state index contributed by atoms with van der Waals surface area (Å²) in [6.07, 6.45) is 23.1. The molecule has 0 heteroatoms. The maximum Gasteiger partial charge on any atom is 0.0206 e. The summed E-state index contributed by atoms with van der Waals surface area (Å²) in [5, 5.41) is 2.65. The van der Waals surface area contributed by atoms with E-state index < -0.39 is 0 Å². The van der Waals surface area contributed by atoms with Gasteiger partial charge >= 0.3 is 0 Å². The average Bonchev–Trinajstić information content (AvgIpc) is 3.40. The van der Waals surface area contributed by atoms with E-state index in [4.69, 9.17) is 0 Å². The zero-order valence-corrected chi connectivity index (χ0v) is 24.6. The second-order valence-corrected chi connectivity index (χ2v) is 12.3. The van der Waals surface area contributed by atoms with Crippen molar-refractivity contribution in [3.63, 3.8) is 0 Å². The summed E-state index contributed by atoms with van der Waals surface area (Å²) in [5.74, 6) is 0.564. The van der Waals surface area contributed by atoms with E-state index in [-0.39, 0.29) is 11.8 Å². The van der Waals surface area contributed by atoms with Crippen LogP contribution in [0.4, 0.5) is 0 Å². The van der Waals surface area contributed by atoms with Crippen LogP contribution in [0.25, 0.3) is 50.2 Å². The Balaban J connectivity index is 1.32. The Morgan fingerprint density at radius 3 is 2.07 bits per heavy atom. The van der Waals surface area contributed by atoms with Gasteiger partial charge in [-0.25, -0.2) is 0 Å². The summed E-state index contributed by atoms with van der Waals surface area (Å²) in [6, 6.07) is 38.2. The summed E-state index contributed by atoms with van der Waals surface area (Å²) in [4.78, 5) is 0. The highest BCUT2D eigenvalue weighted by Crippen LogP contribution is 2.61. The molecular weight excluding hydrogens is 528 g/mol. The molecule has 0 nitrogen and oxygen atoms in total. The normalized spacial score (nSPS) is 20.8. The number of allylic oxidation sites excluding steroid dienone is 11. The van der Waals surface area contributed by atoms with E-state index in [0.717, 1.165) is 12.8 Å². The SMILES string of the molecule is C1=CC2c3c(c(-c4ccccc4)c4ccccc4c3-c3ccccc3)C3=CC=C(c4ccc5c(c4)/C=C\C=C\CC5)C(=C1)C32. The fourth-order valence-electron chi connectivity index (χ4n) is 8.07. The maximum atomic E-state index is 2.46. The van der Waals surface area contributed by atoms with E-state index in [1.807, 2.05) is 0 Å². The Kier molecular flexibility index (Phi) is 5.87.